The predicted octanol–water partition coefficient (Wildman–Crippen LogP) is 0.100. The first-order valence-electron chi connectivity index (χ1n) is 2.29. The van der Waals surface area contributed by atoms with Gasteiger partial charge in [0.1, 0.15) is 0 Å². The van der Waals surface area contributed by atoms with Gasteiger partial charge < -0.3 is 10.4 Å². The average Bonchev–Trinajstić information content (AvgIpc) is 1.61. The van der Waals surface area contributed by atoms with Crippen molar-refractivity contribution in [2.45, 2.75) is 13.0 Å². The molecule has 0 bridgehead atoms. The summed E-state index contributed by atoms with van der Waals surface area (Å²) in [5, 5.41) is 11.3. The number of aliphatic hydroxyl groups is 1. The Balaban J connectivity index is 3.08. The number of hydrogen-bond acceptors (Lipinski definition) is 2. The Bertz CT molecular complexity index is 59.1. The summed E-state index contributed by atoms with van der Waals surface area (Å²) in [6.07, 6.45) is 3.03. The SMILES string of the molecule is CN/C=C\C(C)O. The molecular weight excluding hydrogens is 90.1 g/mol. The third kappa shape index (κ3) is 5.50. The molecule has 2 nitrogen and oxygen atoms in total. The van der Waals surface area contributed by atoms with Crippen molar-refractivity contribution in [2.75, 3.05) is 7.05 Å². The summed E-state index contributed by atoms with van der Waals surface area (Å²) >= 11 is 0. The number of nitrogens with one attached hydrogen (secondary N) is 1. The fourth-order valence-corrected chi connectivity index (χ4v) is 0.235. The smallest absolute Gasteiger partial charge is 0.0709 e. The molecule has 0 rings (SSSR count). The van der Waals surface area contributed by atoms with Gasteiger partial charge in [0.25, 0.3) is 0 Å². The normalized spacial score (nSPS) is 14.7. The molecule has 42 valence electrons. The van der Waals surface area contributed by atoms with Crippen molar-refractivity contribution in [3.63, 3.8) is 0 Å². The summed E-state index contributed by atoms with van der Waals surface area (Å²) in [7, 11) is 1.79. The molecule has 0 aliphatic carbocycles. The van der Waals surface area contributed by atoms with Gasteiger partial charge in [0.05, 0.1) is 6.10 Å². The topological polar surface area (TPSA) is 32.3 Å². The Morgan fingerprint density at radius 2 is 2.29 bits per heavy atom. The molecule has 0 fully saturated rings. The highest BCUT2D eigenvalue weighted by atomic mass is 16.3. The van der Waals surface area contributed by atoms with Crippen LogP contribution in [0.25, 0.3) is 0 Å². The molecule has 1 unspecified atom stereocenters. The highest BCUT2D eigenvalue weighted by molar-refractivity contribution is 4.82. The molecule has 0 saturated carbocycles. The van der Waals surface area contributed by atoms with Crippen molar-refractivity contribution in [2.24, 2.45) is 0 Å². The van der Waals surface area contributed by atoms with E-state index in [0.29, 0.717) is 0 Å². The van der Waals surface area contributed by atoms with Crippen LogP contribution in [-0.4, -0.2) is 18.3 Å². The van der Waals surface area contributed by atoms with Gasteiger partial charge in [-0.1, -0.05) is 0 Å². The first kappa shape index (κ1) is 6.50. The van der Waals surface area contributed by atoms with E-state index >= 15 is 0 Å². The van der Waals surface area contributed by atoms with Crippen LogP contribution in [0.5, 0.6) is 0 Å². The van der Waals surface area contributed by atoms with Gasteiger partial charge in [0.2, 0.25) is 0 Å². The van der Waals surface area contributed by atoms with Crippen LogP contribution >= 0.6 is 0 Å². The third-order valence-corrected chi connectivity index (χ3v) is 0.541. The molecule has 1 atom stereocenters. The minimum Gasteiger partial charge on any atom is -0.394 e. The van der Waals surface area contributed by atoms with E-state index in [9.17, 15) is 0 Å². The van der Waals surface area contributed by atoms with Crippen LogP contribution in [0, 0.1) is 0 Å². The summed E-state index contributed by atoms with van der Waals surface area (Å²) in [6.45, 7) is 1.70. The average molecular weight is 101 g/mol. The van der Waals surface area contributed by atoms with Crippen molar-refractivity contribution in [3.8, 4) is 0 Å². The molecule has 0 saturated heterocycles. The second-order valence-electron chi connectivity index (χ2n) is 1.39. The summed E-state index contributed by atoms with van der Waals surface area (Å²) in [4.78, 5) is 0. The first-order chi connectivity index (χ1) is 3.27. The van der Waals surface area contributed by atoms with E-state index in [1.807, 2.05) is 0 Å². The van der Waals surface area contributed by atoms with Crippen molar-refractivity contribution >= 4 is 0 Å². The fourth-order valence-electron chi connectivity index (χ4n) is 0.235. The largest absolute Gasteiger partial charge is 0.394 e. The van der Waals surface area contributed by atoms with E-state index in [1.165, 1.54) is 0 Å². The third-order valence-electron chi connectivity index (χ3n) is 0.541. The maximum absolute atomic E-state index is 8.56. The summed E-state index contributed by atoms with van der Waals surface area (Å²) in [5.41, 5.74) is 0. The molecule has 0 aromatic heterocycles. The van der Waals surface area contributed by atoms with Gasteiger partial charge in [-0.15, -0.1) is 0 Å². The van der Waals surface area contributed by atoms with E-state index in [2.05, 4.69) is 5.32 Å². The zero-order chi connectivity index (χ0) is 5.70. The molecule has 0 heterocycles. The lowest BCUT2D eigenvalue weighted by Gasteiger charge is -1.90. The molecule has 2 heteroatoms. The van der Waals surface area contributed by atoms with Crippen molar-refractivity contribution in [1.29, 1.82) is 0 Å². The molecule has 2 N–H and O–H groups in total. The second kappa shape index (κ2) is 3.68. The van der Waals surface area contributed by atoms with E-state index in [1.54, 1.807) is 26.2 Å². The van der Waals surface area contributed by atoms with Gasteiger partial charge >= 0.3 is 0 Å². The second-order valence-corrected chi connectivity index (χ2v) is 1.39. The van der Waals surface area contributed by atoms with Crippen LogP contribution in [0.15, 0.2) is 12.3 Å². The lowest BCUT2D eigenvalue weighted by molar-refractivity contribution is 0.243. The van der Waals surface area contributed by atoms with Crippen LogP contribution in [0.2, 0.25) is 0 Å². The molecule has 0 aliphatic rings. The monoisotopic (exact) mass is 101 g/mol. The Labute approximate surface area is 43.9 Å². The van der Waals surface area contributed by atoms with Crippen molar-refractivity contribution < 1.29 is 5.11 Å². The molecule has 0 aromatic rings. The molecule has 0 radical (unpaired) electrons. The van der Waals surface area contributed by atoms with E-state index in [-0.39, 0.29) is 6.10 Å². The van der Waals surface area contributed by atoms with Gasteiger partial charge in [-0.05, 0) is 19.2 Å². The minimum atomic E-state index is -0.340. The Morgan fingerprint density at radius 1 is 1.71 bits per heavy atom. The van der Waals surface area contributed by atoms with Gasteiger partial charge in [-0.25, -0.2) is 0 Å². The summed E-state index contributed by atoms with van der Waals surface area (Å²) < 4.78 is 0. The maximum Gasteiger partial charge on any atom is 0.0709 e. The van der Waals surface area contributed by atoms with E-state index < -0.39 is 0 Å². The van der Waals surface area contributed by atoms with Crippen LogP contribution in [0.3, 0.4) is 0 Å². The standard InChI is InChI=1S/C5H11NO/c1-5(7)3-4-6-2/h3-7H,1-2H3/b4-3-. The Morgan fingerprint density at radius 3 is 2.43 bits per heavy atom. The lowest BCUT2D eigenvalue weighted by atomic mass is 10.4. The first-order valence-corrected chi connectivity index (χ1v) is 2.29. The molecular formula is C5H11NO. The van der Waals surface area contributed by atoms with Gasteiger partial charge in [-0.3, -0.25) is 0 Å². The van der Waals surface area contributed by atoms with Gasteiger partial charge in [0.15, 0.2) is 0 Å². The van der Waals surface area contributed by atoms with Crippen molar-refractivity contribution in [3.05, 3.63) is 12.3 Å². The zero-order valence-electron chi connectivity index (χ0n) is 4.68. The fraction of sp³-hybridized carbons (Fsp3) is 0.600. The van der Waals surface area contributed by atoms with Gasteiger partial charge in [-0.2, -0.15) is 0 Å². The highest BCUT2D eigenvalue weighted by Crippen LogP contribution is 1.77. The number of hydrogen-bond donors (Lipinski definition) is 2. The Hall–Kier alpha value is -0.500. The van der Waals surface area contributed by atoms with Crippen LogP contribution < -0.4 is 5.32 Å². The summed E-state index contributed by atoms with van der Waals surface area (Å²) in [5.74, 6) is 0. The minimum absolute atomic E-state index is 0.340. The number of rotatable bonds is 2. The van der Waals surface area contributed by atoms with E-state index in [0.717, 1.165) is 0 Å². The summed E-state index contributed by atoms with van der Waals surface area (Å²) in [6, 6.07) is 0. The van der Waals surface area contributed by atoms with Crippen LogP contribution in [0.4, 0.5) is 0 Å². The zero-order valence-corrected chi connectivity index (χ0v) is 4.68. The Kier molecular flexibility index (Phi) is 3.42. The molecule has 0 spiro atoms. The van der Waals surface area contributed by atoms with Crippen molar-refractivity contribution in [1.82, 2.24) is 5.32 Å². The van der Waals surface area contributed by atoms with E-state index in [4.69, 9.17) is 5.11 Å². The molecule has 0 aromatic carbocycles. The maximum atomic E-state index is 8.56. The van der Waals surface area contributed by atoms with Gasteiger partial charge in [0, 0.05) is 7.05 Å². The number of aliphatic hydroxyl groups excluding tert-OH is 1. The molecule has 0 amide bonds. The quantitative estimate of drug-likeness (QED) is 0.517. The van der Waals surface area contributed by atoms with Crippen LogP contribution in [0.1, 0.15) is 6.92 Å². The highest BCUT2D eigenvalue weighted by Gasteiger charge is 1.79. The predicted molar refractivity (Wildman–Crippen MR) is 29.9 cm³/mol. The molecule has 7 heavy (non-hydrogen) atoms. The lowest BCUT2D eigenvalue weighted by Crippen LogP contribution is -1.97. The van der Waals surface area contributed by atoms with Crippen LogP contribution in [-0.2, 0) is 0 Å². The molecule has 0 aliphatic heterocycles.